The zero-order chi connectivity index (χ0) is 21.6. The van der Waals surface area contributed by atoms with E-state index in [1.807, 2.05) is 37.3 Å². The van der Waals surface area contributed by atoms with Crippen molar-refractivity contribution in [2.24, 2.45) is 0 Å². The Kier molecular flexibility index (Phi) is 4.58. The van der Waals surface area contributed by atoms with E-state index in [4.69, 9.17) is 9.84 Å². The standard InChI is InChI=1S/C25H24N2O4/c1-16-9-10-18(31-19-14-27(15-19)24(29)30)13-21(16)23(28)26-25(11-12-25)22-8-4-6-17-5-2-3-7-20(17)22/h2-10,13,19H,11-12,14-15H2,1H3,(H,26,28)(H,29,30). The smallest absolute Gasteiger partial charge is 0.407 e. The molecule has 2 amide bonds. The third kappa shape index (κ3) is 3.58. The largest absolute Gasteiger partial charge is 0.487 e. The molecule has 3 aromatic rings. The first-order valence-electron chi connectivity index (χ1n) is 10.5. The van der Waals surface area contributed by atoms with Crippen LogP contribution in [0.2, 0.25) is 0 Å². The predicted octanol–water partition coefficient (Wildman–Crippen LogP) is 4.31. The Morgan fingerprint density at radius 3 is 2.55 bits per heavy atom. The number of carbonyl (C=O) groups is 2. The maximum absolute atomic E-state index is 13.2. The number of amides is 2. The summed E-state index contributed by atoms with van der Waals surface area (Å²) in [5, 5.41) is 14.6. The van der Waals surface area contributed by atoms with Crippen molar-refractivity contribution in [3.63, 3.8) is 0 Å². The van der Waals surface area contributed by atoms with Crippen molar-refractivity contribution < 1.29 is 19.4 Å². The Morgan fingerprint density at radius 1 is 1.06 bits per heavy atom. The number of fused-ring (bicyclic) bond motifs is 1. The molecule has 5 rings (SSSR count). The topological polar surface area (TPSA) is 78.9 Å². The van der Waals surface area contributed by atoms with Gasteiger partial charge in [0.25, 0.3) is 5.91 Å². The molecule has 1 saturated heterocycles. The Balaban J connectivity index is 1.35. The number of hydrogen-bond donors (Lipinski definition) is 2. The van der Waals surface area contributed by atoms with Gasteiger partial charge in [0.2, 0.25) is 0 Å². The van der Waals surface area contributed by atoms with Gasteiger partial charge in [-0.1, -0.05) is 48.5 Å². The number of hydrogen-bond acceptors (Lipinski definition) is 3. The average molecular weight is 416 g/mol. The number of benzene rings is 3. The fourth-order valence-electron chi connectivity index (χ4n) is 4.29. The molecule has 1 heterocycles. The minimum atomic E-state index is -0.938. The summed E-state index contributed by atoms with van der Waals surface area (Å²) >= 11 is 0. The zero-order valence-corrected chi connectivity index (χ0v) is 17.3. The minimum absolute atomic E-state index is 0.117. The van der Waals surface area contributed by atoms with Crippen molar-refractivity contribution in [2.45, 2.75) is 31.4 Å². The fourth-order valence-corrected chi connectivity index (χ4v) is 4.29. The van der Waals surface area contributed by atoms with Crippen molar-refractivity contribution >= 4 is 22.8 Å². The summed E-state index contributed by atoms with van der Waals surface area (Å²) in [6, 6.07) is 19.9. The highest BCUT2D eigenvalue weighted by Crippen LogP contribution is 2.48. The second-order valence-corrected chi connectivity index (χ2v) is 8.47. The first kappa shape index (κ1) is 19.4. The lowest BCUT2D eigenvalue weighted by atomic mass is 9.96. The molecule has 3 aromatic carbocycles. The van der Waals surface area contributed by atoms with E-state index >= 15 is 0 Å². The summed E-state index contributed by atoms with van der Waals surface area (Å²) < 4.78 is 5.88. The van der Waals surface area contributed by atoms with Crippen LogP contribution in [0.5, 0.6) is 5.75 Å². The number of aryl methyl sites for hydroxylation is 1. The Hall–Kier alpha value is -3.54. The lowest BCUT2D eigenvalue weighted by Crippen LogP contribution is -2.55. The SMILES string of the molecule is Cc1ccc(OC2CN(C(=O)O)C2)cc1C(=O)NC1(c2cccc3ccccc23)CC1. The number of nitrogens with zero attached hydrogens (tertiary/aromatic N) is 1. The lowest BCUT2D eigenvalue weighted by molar-refractivity contribution is 0.0252. The Labute approximate surface area is 180 Å². The monoisotopic (exact) mass is 416 g/mol. The highest BCUT2D eigenvalue weighted by molar-refractivity contribution is 5.97. The van der Waals surface area contributed by atoms with E-state index in [9.17, 15) is 9.59 Å². The quantitative estimate of drug-likeness (QED) is 0.650. The molecule has 31 heavy (non-hydrogen) atoms. The summed E-state index contributed by atoms with van der Waals surface area (Å²) in [5.74, 6) is 0.468. The molecule has 6 nitrogen and oxygen atoms in total. The first-order valence-corrected chi connectivity index (χ1v) is 10.5. The van der Waals surface area contributed by atoms with Gasteiger partial charge in [-0.2, -0.15) is 0 Å². The second-order valence-electron chi connectivity index (χ2n) is 8.47. The van der Waals surface area contributed by atoms with E-state index in [0.717, 1.165) is 24.0 Å². The summed E-state index contributed by atoms with van der Waals surface area (Å²) in [6.45, 7) is 2.59. The molecular weight excluding hydrogens is 392 g/mol. The maximum atomic E-state index is 13.2. The number of carboxylic acid groups (broad SMARTS) is 1. The Bertz CT molecular complexity index is 1170. The molecule has 0 bridgehead atoms. The number of nitrogens with one attached hydrogen (secondary N) is 1. The van der Waals surface area contributed by atoms with Crippen LogP contribution >= 0.6 is 0 Å². The fraction of sp³-hybridized carbons (Fsp3) is 0.280. The molecular formula is C25H24N2O4. The lowest BCUT2D eigenvalue weighted by Gasteiger charge is -2.36. The van der Waals surface area contributed by atoms with Crippen LogP contribution in [0.3, 0.4) is 0 Å². The number of rotatable bonds is 5. The van der Waals surface area contributed by atoms with Gasteiger partial charge in [-0.05, 0) is 53.8 Å². The third-order valence-electron chi connectivity index (χ3n) is 6.28. The molecule has 1 aliphatic carbocycles. The van der Waals surface area contributed by atoms with Crippen LogP contribution in [0, 0.1) is 6.92 Å². The summed E-state index contributed by atoms with van der Waals surface area (Å²) in [6.07, 6.45) is 0.705. The average Bonchev–Trinajstić information content (AvgIpc) is 3.51. The van der Waals surface area contributed by atoms with E-state index < -0.39 is 6.09 Å². The normalized spacial score (nSPS) is 17.1. The molecule has 0 aromatic heterocycles. The predicted molar refractivity (Wildman–Crippen MR) is 118 cm³/mol. The molecule has 0 spiro atoms. The van der Waals surface area contributed by atoms with Gasteiger partial charge in [0.1, 0.15) is 11.9 Å². The van der Waals surface area contributed by atoms with Gasteiger partial charge in [0.15, 0.2) is 0 Å². The molecule has 0 unspecified atom stereocenters. The van der Waals surface area contributed by atoms with Crippen LogP contribution in [0.15, 0.2) is 60.7 Å². The molecule has 6 heteroatoms. The number of carbonyl (C=O) groups excluding carboxylic acids is 1. The van der Waals surface area contributed by atoms with Crippen molar-refractivity contribution in [1.29, 1.82) is 0 Å². The van der Waals surface area contributed by atoms with Gasteiger partial charge < -0.3 is 20.1 Å². The highest BCUT2D eigenvalue weighted by Gasteiger charge is 2.46. The molecule has 2 N–H and O–H groups in total. The van der Waals surface area contributed by atoms with Crippen LogP contribution in [-0.4, -0.2) is 41.2 Å². The Morgan fingerprint density at radius 2 is 1.81 bits per heavy atom. The molecule has 1 aliphatic heterocycles. The van der Waals surface area contributed by atoms with E-state index in [2.05, 4.69) is 29.6 Å². The van der Waals surface area contributed by atoms with Crippen molar-refractivity contribution in [3.05, 3.63) is 77.4 Å². The van der Waals surface area contributed by atoms with Crippen LogP contribution in [0.25, 0.3) is 10.8 Å². The van der Waals surface area contributed by atoms with Crippen LogP contribution in [-0.2, 0) is 5.54 Å². The van der Waals surface area contributed by atoms with Gasteiger partial charge in [0.05, 0.1) is 18.6 Å². The van der Waals surface area contributed by atoms with Gasteiger partial charge >= 0.3 is 6.09 Å². The van der Waals surface area contributed by atoms with E-state index in [1.54, 1.807) is 6.07 Å². The highest BCUT2D eigenvalue weighted by atomic mass is 16.5. The second kappa shape index (κ2) is 7.30. The van der Waals surface area contributed by atoms with Gasteiger partial charge in [-0.25, -0.2) is 4.79 Å². The van der Waals surface area contributed by atoms with Gasteiger partial charge in [-0.15, -0.1) is 0 Å². The maximum Gasteiger partial charge on any atom is 0.407 e. The van der Waals surface area contributed by atoms with Crippen molar-refractivity contribution in [2.75, 3.05) is 13.1 Å². The van der Waals surface area contributed by atoms with Crippen LogP contribution in [0.4, 0.5) is 4.79 Å². The summed E-state index contributed by atoms with van der Waals surface area (Å²) in [7, 11) is 0. The molecule has 1 saturated carbocycles. The molecule has 158 valence electrons. The third-order valence-corrected chi connectivity index (χ3v) is 6.28. The van der Waals surface area contributed by atoms with Gasteiger partial charge in [-0.3, -0.25) is 4.79 Å². The first-order chi connectivity index (χ1) is 14.9. The summed E-state index contributed by atoms with van der Waals surface area (Å²) in [4.78, 5) is 25.5. The molecule has 2 aliphatic rings. The van der Waals surface area contributed by atoms with Crippen LogP contribution in [0.1, 0.15) is 34.3 Å². The van der Waals surface area contributed by atoms with E-state index in [-0.39, 0.29) is 17.6 Å². The summed E-state index contributed by atoms with van der Waals surface area (Å²) in [5.41, 5.74) is 2.28. The van der Waals surface area contributed by atoms with Gasteiger partial charge in [0, 0.05) is 5.56 Å². The van der Waals surface area contributed by atoms with Crippen molar-refractivity contribution in [1.82, 2.24) is 10.2 Å². The molecule has 2 fully saturated rings. The number of ether oxygens (including phenoxy) is 1. The van der Waals surface area contributed by atoms with E-state index in [1.165, 1.54) is 15.7 Å². The number of likely N-dealkylation sites (tertiary alicyclic amines) is 1. The minimum Gasteiger partial charge on any atom is -0.487 e. The molecule has 0 radical (unpaired) electrons. The van der Waals surface area contributed by atoms with E-state index in [0.29, 0.717) is 24.4 Å². The van der Waals surface area contributed by atoms with Crippen LogP contribution < -0.4 is 10.1 Å². The molecule has 0 atom stereocenters. The zero-order valence-electron chi connectivity index (χ0n) is 17.3. The van der Waals surface area contributed by atoms with Crippen molar-refractivity contribution in [3.8, 4) is 5.75 Å².